The molecule has 0 bridgehead atoms. The van der Waals surface area contributed by atoms with Crippen molar-refractivity contribution in [2.24, 2.45) is 0 Å². The first-order valence-corrected chi connectivity index (χ1v) is 7.33. The number of aryl methyl sites for hydroxylation is 1. The Morgan fingerprint density at radius 3 is 3.00 bits per heavy atom. The number of carbonyl (C=O) groups excluding carboxylic acids is 1. The van der Waals surface area contributed by atoms with Crippen LogP contribution in [0.25, 0.3) is 0 Å². The average Bonchev–Trinajstić information content (AvgIpc) is 2.74. The molecule has 0 saturated carbocycles. The molecule has 0 aliphatic carbocycles. The molecule has 0 aromatic heterocycles. The summed E-state index contributed by atoms with van der Waals surface area (Å²) in [6.07, 6.45) is 2.35. The monoisotopic (exact) mass is 276 g/mol. The van der Waals surface area contributed by atoms with Crippen molar-refractivity contribution in [3.8, 4) is 5.75 Å². The number of rotatable bonds is 4. The second kappa shape index (κ2) is 7.29. The molecule has 1 N–H and O–H groups in total. The predicted octanol–water partition coefficient (Wildman–Crippen LogP) is 1.76. The third-order valence-corrected chi connectivity index (χ3v) is 3.87. The summed E-state index contributed by atoms with van der Waals surface area (Å²) in [5, 5.41) is 3.32. The normalized spacial score (nSPS) is 15.8. The molecule has 1 fully saturated rings. The van der Waals surface area contributed by atoms with Crippen LogP contribution in [0.4, 0.5) is 0 Å². The van der Waals surface area contributed by atoms with Gasteiger partial charge < -0.3 is 15.0 Å². The van der Waals surface area contributed by atoms with Gasteiger partial charge in [-0.25, -0.2) is 0 Å². The maximum absolute atomic E-state index is 12.3. The SMILES string of the molecule is COc1cccc(C)c1CCC(=O)N1CCCNCC1. The van der Waals surface area contributed by atoms with E-state index < -0.39 is 0 Å². The third kappa shape index (κ3) is 3.73. The van der Waals surface area contributed by atoms with E-state index in [4.69, 9.17) is 4.74 Å². The molecule has 0 unspecified atom stereocenters. The molecule has 4 nitrogen and oxygen atoms in total. The summed E-state index contributed by atoms with van der Waals surface area (Å²) in [4.78, 5) is 14.3. The van der Waals surface area contributed by atoms with Crippen molar-refractivity contribution >= 4 is 5.91 Å². The van der Waals surface area contributed by atoms with Crippen LogP contribution in [0.15, 0.2) is 18.2 Å². The van der Waals surface area contributed by atoms with Crippen molar-refractivity contribution in [3.05, 3.63) is 29.3 Å². The molecule has 1 aromatic rings. The van der Waals surface area contributed by atoms with Crippen LogP contribution >= 0.6 is 0 Å². The standard InChI is InChI=1S/C16H24N2O2/c1-13-5-3-6-15(20-2)14(13)7-8-16(19)18-11-4-9-17-10-12-18/h3,5-6,17H,4,7-12H2,1-2H3. The van der Waals surface area contributed by atoms with E-state index in [9.17, 15) is 4.79 Å². The fourth-order valence-corrected chi connectivity index (χ4v) is 2.67. The highest BCUT2D eigenvalue weighted by molar-refractivity contribution is 5.76. The maximum atomic E-state index is 12.3. The van der Waals surface area contributed by atoms with Gasteiger partial charge in [0.05, 0.1) is 7.11 Å². The zero-order chi connectivity index (χ0) is 14.4. The van der Waals surface area contributed by atoms with Crippen LogP contribution in [0, 0.1) is 6.92 Å². The van der Waals surface area contributed by atoms with E-state index in [-0.39, 0.29) is 5.91 Å². The van der Waals surface area contributed by atoms with Gasteiger partial charge in [-0.1, -0.05) is 12.1 Å². The summed E-state index contributed by atoms with van der Waals surface area (Å²) in [5.74, 6) is 1.13. The Labute approximate surface area is 121 Å². The van der Waals surface area contributed by atoms with E-state index in [0.29, 0.717) is 6.42 Å². The lowest BCUT2D eigenvalue weighted by molar-refractivity contribution is -0.130. The van der Waals surface area contributed by atoms with E-state index in [1.165, 1.54) is 5.56 Å². The molecular formula is C16H24N2O2. The Balaban J connectivity index is 1.96. The lowest BCUT2D eigenvalue weighted by Gasteiger charge is -2.20. The minimum atomic E-state index is 0.249. The Kier molecular flexibility index (Phi) is 5.41. The van der Waals surface area contributed by atoms with Crippen molar-refractivity contribution in [1.82, 2.24) is 10.2 Å². The van der Waals surface area contributed by atoms with Crippen LogP contribution in [-0.2, 0) is 11.2 Å². The van der Waals surface area contributed by atoms with Crippen molar-refractivity contribution in [1.29, 1.82) is 0 Å². The summed E-state index contributed by atoms with van der Waals surface area (Å²) in [6, 6.07) is 6.01. The molecule has 0 atom stereocenters. The Morgan fingerprint density at radius 2 is 2.20 bits per heavy atom. The molecule has 1 aromatic carbocycles. The first kappa shape index (κ1) is 14.9. The van der Waals surface area contributed by atoms with Crippen LogP contribution < -0.4 is 10.1 Å². The molecule has 2 rings (SSSR count). The molecule has 0 spiro atoms. The van der Waals surface area contributed by atoms with Crippen LogP contribution in [0.5, 0.6) is 5.75 Å². The highest BCUT2D eigenvalue weighted by Crippen LogP contribution is 2.23. The number of carbonyl (C=O) groups is 1. The number of hydrogen-bond donors (Lipinski definition) is 1. The number of nitrogens with one attached hydrogen (secondary N) is 1. The molecule has 20 heavy (non-hydrogen) atoms. The van der Waals surface area contributed by atoms with Gasteiger partial charge in [0.25, 0.3) is 0 Å². The molecular weight excluding hydrogens is 252 g/mol. The Bertz CT molecular complexity index is 452. The molecule has 1 amide bonds. The number of ether oxygens (including phenoxy) is 1. The number of nitrogens with zero attached hydrogens (tertiary/aromatic N) is 1. The van der Waals surface area contributed by atoms with Crippen LogP contribution in [0.2, 0.25) is 0 Å². The quantitative estimate of drug-likeness (QED) is 0.911. The summed E-state index contributed by atoms with van der Waals surface area (Å²) in [6.45, 7) is 5.67. The topological polar surface area (TPSA) is 41.6 Å². The van der Waals surface area contributed by atoms with Crippen LogP contribution in [0.3, 0.4) is 0 Å². The third-order valence-electron chi connectivity index (χ3n) is 3.87. The average molecular weight is 276 g/mol. The van der Waals surface area contributed by atoms with Gasteiger partial charge in [-0.05, 0) is 43.5 Å². The van der Waals surface area contributed by atoms with Gasteiger partial charge in [0.15, 0.2) is 0 Å². The van der Waals surface area contributed by atoms with Crippen molar-refractivity contribution in [2.75, 3.05) is 33.3 Å². The molecule has 110 valence electrons. The fourth-order valence-electron chi connectivity index (χ4n) is 2.67. The van der Waals surface area contributed by atoms with E-state index >= 15 is 0 Å². The van der Waals surface area contributed by atoms with Gasteiger partial charge in [0.2, 0.25) is 5.91 Å². The fraction of sp³-hybridized carbons (Fsp3) is 0.562. The zero-order valence-electron chi connectivity index (χ0n) is 12.4. The second-order valence-corrected chi connectivity index (χ2v) is 5.24. The van der Waals surface area contributed by atoms with E-state index in [1.807, 2.05) is 17.0 Å². The maximum Gasteiger partial charge on any atom is 0.222 e. The summed E-state index contributed by atoms with van der Waals surface area (Å²) >= 11 is 0. The lowest BCUT2D eigenvalue weighted by Crippen LogP contribution is -2.34. The minimum absolute atomic E-state index is 0.249. The zero-order valence-corrected chi connectivity index (χ0v) is 12.4. The van der Waals surface area contributed by atoms with Crippen LogP contribution in [0.1, 0.15) is 24.0 Å². The van der Waals surface area contributed by atoms with E-state index in [1.54, 1.807) is 7.11 Å². The summed E-state index contributed by atoms with van der Waals surface area (Å²) in [5.41, 5.74) is 2.34. The summed E-state index contributed by atoms with van der Waals surface area (Å²) < 4.78 is 5.39. The van der Waals surface area contributed by atoms with E-state index in [2.05, 4.69) is 18.3 Å². The van der Waals surface area contributed by atoms with Gasteiger partial charge >= 0.3 is 0 Å². The summed E-state index contributed by atoms with van der Waals surface area (Å²) in [7, 11) is 1.68. The first-order chi connectivity index (χ1) is 9.72. The molecule has 1 aliphatic heterocycles. The highest BCUT2D eigenvalue weighted by Gasteiger charge is 2.16. The second-order valence-electron chi connectivity index (χ2n) is 5.24. The van der Waals surface area contributed by atoms with Crippen molar-refractivity contribution in [2.45, 2.75) is 26.2 Å². The minimum Gasteiger partial charge on any atom is -0.496 e. The van der Waals surface area contributed by atoms with Crippen molar-refractivity contribution in [3.63, 3.8) is 0 Å². The number of amides is 1. The van der Waals surface area contributed by atoms with Gasteiger partial charge in [0, 0.05) is 26.1 Å². The Hall–Kier alpha value is -1.55. The lowest BCUT2D eigenvalue weighted by atomic mass is 10.0. The largest absolute Gasteiger partial charge is 0.496 e. The molecule has 1 saturated heterocycles. The Morgan fingerprint density at radius 1 is 1.35 bits per heavy atom. The number of benzene rings is 1. The molecule has 1 heterocycles. The van der Waals surface area contributed by atoms with E-state index in [0.717, 1.165) is 50.3 Å². The van der Waals surface area contributed by atoms with Gasteiger partial charge in [0.1, 0.15) is 5.75 Å². The molecule has 0 radical (unpaired) electrons. The number of methoxy groups -OCH3 is 1. The first-order valence-electron chi connectivity index (χ1n) is 7.33. The van der Waals surface area contributed by atoms with Gasteiger partial charge in [-0.3, -0.25) is 4.79 Å². The van der Waals surface area contributed by atoms with Crippen molar-refractivity contribution < 1.29 is 9.53 Å². The predicted molar refractivity (Wildman–Crippen MR) is 80.1 cm³/mol. The molecule has 4 heteroatoms. The highest BCUT2D eigenvalue weighted by atomic mass is 16.5. The van der Waals surface area contributed by atoms with Crippen LogP contribution in [-0.4, -0.2) is 44.1 Å². The van der Waals surface area contributed by atoms with Gasteiger partial charge in [-0.15, -0.1) is 0 Å². The van der Waals surface area contributed by atoms with Gasteiger partial charge in [-0.2, -0.15) is 0 Å². The molecule has 1 aliphatic rings. The smallest absolute Gasteiger partial charge is 0.222 e. The number of hydrogen-bond acceptors (Lipinski definition) is 3.